The second kappa shape index (κ2) is 7.27. The topological polar surface area (TPSA) is 45.2 Å². The van der Waals surface area contributed by atoms with Crippen molar-refractivity contribution in [2.24, 2.45) is 0 Å². The summed E-state index contributed by atoms with van der Waals surface area (Å²) in [6.45, 7) is 4.53. The lowest BCUT2D eigenvalue weighted by Crippen LogP contribution is -2.35. The van der Waals surface area contributed by atoms with Gasteiger partial charge in [0.1, 0.15) is 0 Å². The quantitative estimate of drug-likeness (QED) is 0.938. The zero-order valence-corrected chi connectivity index (χ0v) is 13.6. The fourth-order valence-corrected chi connectivity index (χ4v) is 2.84. The molecule has 0 radical (unpaired) electrons. The molecule has 1 aliphatic rings. The number of nitrogens with zero attached hydrogens (tertiary/aromatic N) is 2. The molecule has 0 aliphatic carbocycles. The SMILES string of the molecule is Cc1ccc(CNc2cncc(C(=O)N3CCCCC3)c2)cc1. The van der Waals surface area contributed by atoms with Gasteiger partial charge >= 0.3 is 0 Å². The molecule has 1 aromatic carbocycles. The third-order valence-corrected chi connectivity index (χ3v) is 4.25. The van der Waals surface area contributed by atoms with Crippen LogP contribution in [0.5, 0.6) is 0 Å². The van der Waals surface area contributed by atoms with Crippen LogP contribution < -0.4 is 5.32 Å². The number of piperidine rings is 1. The molecule has 2 aromatic rings. The number of carbonyl (C=O) groups is 1. The molecule has 1 fully saturated rings. The molecule has 0 saturated carbocycles. The van der Waals surface area contributed by atoms with Crippen molar-refractivity contribution in [1.29, 1.82) is 0 Å². The highest BCUT2D eigenvalue weighted by atomic mass is 16.2. The maximum absolute atomic E-state index is 12.5. The van der Waals surface area contributed by atoms with Crippen LogP contribution in [0, 0.1) is 6.92 Å². The van der Waals surface area contributed by atoms with E-state index in [1.54, 1.807) is 12.4 Å². The van der Waals surface area contributed by atoms with E-state index in [-0.39, 0.29) is 5.91 Å². The predicted octanol–water partition coefficient (Wildman–Crippen LogP) is 3.63. The Morgan fingerprint density at radius 3 is 2.61 bits per heavy atom. The van der Waals surface area contributed by atoms with Crippen molar-refractivity contribution in [2.75, 3.05) is 18.4 Å². The number of rotatable bonds is 4. The molecule has 120 valence electrons. The molecule has 0 bridgehead atoms. The molecule has 1 N–H and O–H groups in total. The van der Waals surface area contributed by atoms with Crippen molar-refractivity contribution < 1.29 is 4.79 Å². The van der Waals surface area contributed by atoms with Crippen LogP contribution in [-0.2, 0) is 6.54 Å². The van der Waals surface area contributed by atoms with Crippen LogP contribution in [0.3, 0.4) is 0 Å². The first-order valence-electron chi connectivity index (χ1n) is 8.26. The fraction of sp³-hybridized carbons (Fsp3) is 0.368. The standard InChI is InChI=1S/C19H23N3O/c1-15-5-7-16(8-6-15)12-21-18-11-17(13-20-14-18)19(23)22-9-3-2-4-10-22/h5-8,11,13-14,21H,2-4,9-10,12H2,1H3. The predicted molar refractivity (Wildman–Crippen MR) is 92.5 cm³/mol. The van der Waals surface area contributed by atoms with Crippen molar-refractivity contribution in [1.82, 2.24) is 9.88 Å². The van der Waals surface area contributed by atoms with Crippen LogP contribution in [0.4, 0.5) is 5.69 Å². The number of benzene rings is 1. The number of nitrogens with one attached hydrogen (secondary N) is 1. The van der Waals surface area contributed by atoms with Crippen LogP contribution in [0.25, 0.3) is 0 Å². The van der Waals surface area contributed by atoms with Crippen LogP contribution in [-0.4, -0.2) is 28.9 Å². The average molecular weight is 309 g/mol. The molecular weight excluding hydrogens is 286 g/mol. The second-order valence-corrected chi connectivity index (χ2v) is 6.15. The molecule has 0 spiro atoms. The molecule has 1 aromatic heterocycles. The first kappa shape index (κ1) is 15.5. The molecule has 1 saturated heterocycles. The Morgan fingerprint density at radius 1 is 1.13 bits per heavy atom. The van der Waals surface area contributed by atoms with Gasteiger partial charge in [-0.1, -0.05) is 29.8 Å². The summed E-state index contributed by atoms with van der Waals surface area (Å²) in [4.78, 5) is 18.7. The van der Waals surface area contributed by atoms with Crippen molar-refractivity contribution in [3.8, 4) is 0 Å². The van der Waals surface area contributed by atoms with Crippen molar-refractivity contribution in [3.63, 3.8) is 0 Å². The van der Waals surface area contributed by atoms with Gasteiger partial charge in [-0.15, -0.1) is 0 Å². The van der Waals surface area contributed by atoms with Crippen molar-refractivity contribution >= 4 is 11.6 Å². The summed E-state index contributed by atoms with van der Waals surface area (Å²) in [7, 11) is 0. The van der Waals surface area contributed by atoms with Gasteiger partial charge in [0.05, 0.1) is 11.3 Å². The average Bonchev–Trinajstić information content (AvgIpc) is 2.61. The van der Waals surface area contributed by atoms with Gasteiger partial charge in [-0.25, -0.2) is 0 Å². The van der Waals surface area contributed by atoms with E-state index in [4.69, 9.17) is 0 Å². The Kier molecular flexibility index (Phi) is 4.91. The van der Waals surface area contributed by atoms with E-state index < -0.39 is 0 Å². The molecule has 3 rings (SSSR count). The number of aryl methyl sites for hydroxylation is 1. The Bertz CT molecular complexity index is 661. The maximum Gasteiger partial charge on any atom is 0.255 e. The van der Waals surface area contributed by atoms with E-state index in [0.29, 0.717) is 5.56 Å². The second-order valence-electron chi connectivity index (χ2n) is 6.15. The zero-order valence-electron chi connectivity index (χ0n) is 13.6. The van der Waals surface area contributed by atoms with E-state index in [1.165, 1.54) is 17.5 Å². The molecule has 1 amide bonds. The molecule has 0 atom stereocenters. The van der Waals surface area contributed by atoms with Crippen molar-refractivity contribution in [2.45, 2.75) is 32.7 Å². The molecule has 2 heterocycles. The first-order chi connectivity index (χ1) is 11.2. The Morgan fingerprint density at radius 2 is 1.87 bits per heavy atom. The van der Waals surface area contributed by atoms with Gasteiger partial charge < -0.3 is 10.2 Å². The van der Waals surface area contributed by atoms with Gasteiger partial charge in [-0.2, -0.15) is 0 Å². The van der Waals surface area contributed by atoms with Gasteiger partial charge in [0.25, 0.3) is 5.91 Å². The van der Waals surface area contributed by atoms with Gasteiger partial charge in [0, 0.05) is 32.0 Å². The minimum atomic E-state index is 0.0937. The molecule has 23 heavy (non-hydrogen) atoms. The Balaban J connectivity index is 1.64. The summed E-state index contributed by atoms with van der Waals surface area (Å²) >= 11 is 0. The van der Waals surface area contributed by atoms with E-state index in [1.807, 2.05) is 11.0 Å². The van der Waals surface area contributed by atoms with Gasteiger partial charge in [-0.05, 0) is 37.8 Å². The van der Waals surface area contributed by atoms with Crippen LogP contribution in [0.2, 0.25) is 0 Å². The lowest BCUT2D eigenvalue weighted by Gasteiger charge is -2.26. The highest BCUT2D eigenvalue weighted by Gasteiger charge is 2.18. The highest BCUT2D eigenvalue weighted by Crippen LogP contribution is 2.16. The lowest BCUT2D eigenvalue weighted by molar-refractivity contribution is 0.0724. The summed E-state index contributed by atoms with van der Waals surface area (Å²) in [6.07, 6.45) is 6.85. The summed E-state index contributed by atoms with van der Waals surface area (Å²) in [5.41, 5.74) is 4.02. The third kappa shape index (κ3) is 4.09. The van der Waals surface area contributed by atoms with Gasteiger partial charge in [0.15, 0.2) is 0 Å². The summed E-state index contributed by atoms with van der Waals surface area (Å²) in [5, 5.41) is 3.35. The lowest BCUT2D eigenvalue weighted by atomic mass is 10.1. The minimum Gasteiger partial charge on any atom is -0.380 e. The minimum absolute atomic E-state index is 0.0937. The third-order valence-electron chi connectivity index (χ3n) is 4.25. The molecule has 0 unspecified atom stereocenters. The Hall–Kier alpha value is -2.36. The number of pyridine rings is 1. The van der Waals surface area contributed by atoms with E-state index >= 15 is 0 Å². The number of anilines is 1. The summed E-state index contributed by atoms with van der Waals surface area (Å²) < 4.78 is 0. The largest absolute Gasteiger partial charge is 0.380 e. The molecular formula is C19H23N3O. The smallest absolute Gasteiger partial charge is 0.255 e. The van der Waals surface area contributed by atoms with E-state index in [9.17, 15) is 4.79 Å². The zero-order chi connectivity index (χ0) is 16.1. The van der Waals surface area contributed by atoms with Crippen molar-refractivity contribution in [3.05, 3.63) is 59.4 Å². The van der Waals surface area contributed by atoms with Crippen LogP contribution in [0.1, 0.15) is 40.7 Å². The van der Waals surface area contributed by atoms with Crippen LogP contribution in [0.15, 0.2) is 42.7 Å². The summed E-state index contributed by atoms with van der Waals surface area (Å²) in [6, 6.07) is 10.3. The first-order valence-corrected chi connectivity index (χ1v) is 8.26. The monoisotopic (exact) mass is 309 g/mol. The molecule has 4 nitrogen and oxygen atoms in total. The fourth-order valence-electron chi connectivity index (χ4n) is 2.84. The molecule has 4 heteroatoms. The number of carbonyl (C=O) groups excluding carboxylic acids is 1. The number of hydrogen-bond donors (Lipinski definition) is 1. The van der Waals surface area contributed by atoms with Crippen LogP contribution >= 0.6 is 0 Å². The van der Waals surface area contributed by atoms with E-state index in [0.717, 1.165) is 38.2 Å². The Labute approximate surface area is 137 Å². The number of likely N-dealkylation sites (tertiary alicyclic amines) is 1. The number of hydrogen-bond acceptors (Lipinski definition) is 3. The summed E-state index contributed by atoms with van der Waals surface area (Å²) in [5.74, 6) is 0.0937. The normalized spacial score (nSPS) is 14.6. The molecule has 1 aliphatic heterocycles. The maximum atomic E-state index is 12.5. The van der Waals surface area contributed by atoms with E-state index in [2.05, 4.69) is 41.5 Å². The van der Waals surface area contributed by atoms with Gasteiger partial charge in [0.2, 0.25) is 0 Å². The number of amides is 1. The van der Waals surface area contributed by atoms with Gasteiger partial charge in [-0.3, -0.25) is 9.78 Å². The number of aromatic nitrogens is 1. The highest BCUT2D eigenvalue weighted by molar-refractivity contribution is 5.94.